The number of hydrogen-bond donors (Lipinski definition) is 3. The average molecular weight is 2000 g/mol. The number of aromatic nitrogens is 6. The molecule has 1 fully saturated rings. The van der Waals surface area contributed by atoms with E-state index >= 15 is 0 Å². The second-order valence-electron chi connectivity index (χ2n) is 52.7. The SMILES string of the molecule is CC(C)(C)C1=CCC=C1.CC(C)(C)C1=CCc2ccccc21.CC(C)(C)C1=NCC=C1.CC(C)(C)C1=NCC=N1.CC(C)(C)N1CCCC1=O.CC(C)(C)c1cc2ccccc2[nH]1.CC(C)(C)c1ccc2c(c1)NC(=O)C2.CC(C)(C)c1ccccc1.CC(C)(C)c1ccccc1.CC(C)(C)c1ccccn1.CC(C)(C)c1ccncc1.CC(C)(C)c1ccsc1.CC(C)(C)c1ncn[nH]1.Cc1ccc(C(C)(C)C)cc1. The van der Waals surface area contributed by atoms with E-state index < -0.39 is 0 Å². The molecule has 1 saturated heterocycles. The molecule has 6 aromatic carbocycles. The minimum atomic E-state index is 0.0353. The number of aryl methyl sites for hydroxylation is 1. The fourth-order valence-corrected chi connectivity index (χ4v) is 15.8. The van der Waals surface area contributed by atoms with Gasteiger partial charge in [0.1, 0.15) is 18.0 Å². The van der Waals surface area contributed by atoms with Gasteiger partial charge in [-0.1, -0.05) is 452 Å². The van der Waals surface area contributed by atoms with Gasteiger partial charge >= 0.3 is 0 Å². The van der Waals surface area contributed by atoms with Crippen LogP contribution in [0.1, 0.15) is 383 Å². The number of para-hydroxylation sites is 1. The van der Waals surface area contributed by atoms with Crippen LogP contribution in [0.2, 0.25) is 0 Å². The van der Waals surface area contributed by atoms with Gasteiger partial charge < -0.3 is 15.2 Å². The second kappa shape index (κ2) is 55.8. The molecule has 2 amide bonds. The molecule has 6 aliphatic rings. The fourth-order valence-electron chi connectivity index (χ4n) is 15.0. The van der Waals surface area contributed by atoms with Gasteiger partial charge in [-0.2, -0.15) is 16.4 Å². The Bertz CT molecular complexity index is 5510. The van der Waals surface area contributed by atoms with Crippen LogP contribution in [0.25, 0.3) is 16.5 Å². The summed E-state index contributed by atoms with van der Waals surface area (Å²) in [4.78, 5) is 52.6. The molecule has 0 saturated carbocycles. The van der Waals surface area contributed by atoms with E-state index in [1.807, 2.05) is 47.9 Å². The van der Waals surface area contributed by atoms with E-state index in [9.17, 15) is 9.59 Å². The van der Waals surface area contributed by atoms with Crippen LogP contribution in [0.5, 0.6) is 0 Å². The second-order valence-corrected chi connectivity index (χ2v) is 53.5. The van der Waals surface area contributed by atoms with Gasteiger partial charge in [-0.25, -0.2) is 9.98 Å². The van der Waals surface area contributed by atoms with Gasteiger partial charge in [0.2, 0.25) is 11.8 Å². The van der Waals surface area contributed by atoms with E-state index in [0.717, 1.165) is 73.9 Å². The Morgan fingerprint density at radius 1 is 0.404 bits per heavy atom. The van der Waals surface area contributed by atoms with Gasteiger partial charge in [-0.3, -0.25) is 34.6 Å². The van der Waals surface area contributed by atoms with E-state index in [2.05, 4.69) is 571 Å². The third-order valence-corrected chi connectivity index (χ3v) is 25.1. The lowest BCUT2D eigenvalue weighted by atomic mass is 9.83. The molecule has 0 radical (unpaired) electrons. The number of amidine groups is 1. The molecular weight excluding hydrogens is 1800 g/mol. The molecule has 0 spiro atoms. The van der Waals surface area contributed by atoms with Crippen molar-refractivity contribution in [3.8, 4) is 0 Å². The molecule has 0 unspecified atom stereocenters. The summed E-state index contributed by atoms with van der Waals surface area (Å²) in [6.07, 6.45) is 26.7. The predicted molar refractivity (Wildman–Crippen MR) is 639 cm³/mol. The highest BCUT2D eigenvalue weighted by atomic mass is 32.1. The Morgan fingerprint density at radius 2 is 0.925 bits per heavy atom. The van der Waals surface area contributed by atoms with Crippen LogP contribution in [0, 0.1) is 28.6 Å². The summed E-state index contributed by atoms with van der Waals surface area (Å²) < 4.78 is 0. The molecule has 2 aliphatic carbocycles. The molecule has 17 rings (SSSR count). The third kappa shape index (κ3) is 47.8. The van der Waals surface area contributed by atoms with Gasteiger partial charge in [-0.15, -0.1) is 0 Å². The first-order valence-electron chi connectivity index (χ1n) is 52.7. The summed E-state index contributed by atoms with van der Waals surface area (Å²) in [6, 6.07) is 67.7. The maximum atomic E-state index is 11.1. The van der Waals surface area contributed by atoms with Crippen molar-refractivity contribution >= 4 is 63.1 Å². The Hall–Kier alpha value is -11.1. The zero-order valence-corrected chi connectivity index (χ0v) is 99.8. The van der Waals surface area contributed by atoms with Crippen molar-refractivity contribution < 1.29 is 9.59 Å². The lowest BCUT2D eigenvalue weighted by Crippen LogP contribution is -2.41. The number of likely N-dealkylation sites (tertiary alicyclic amines) is 1. The molecule has 13 nitrogen and oxygen atoms in total. The van der Waals surface area contributed by atoms with Gasteiger partial charge in [0.25, 0.3) is 0 Å². The molecule has 9 heterocycles. The van der Waals surface area contributed by atoms with Crippen LogP contribution in [0.4, 0.5) is 5.69 Å². The monoisotopic (exact) mass is 2000 g/mol. The zero-order valence-electron chi connectivity index (χ0n) is 98.9. The van der Waals surface area contributed by atoms with E-state index in [1.165, 1.54) is 89.9 Å². The quantitative estimate of drug-likeness (QED) is 0.136. The number of carbonyl (C=O) groups is 2. The number of anilines is 1. The molecule has 14 heteroatoms. The van der Waals surface area contributed by atoms with Gasteiger partial charge in [0.15, 0.2) is 0 Å². The number of allylic oxidation sites excluding steroid dienone is 7. The highest BCUT2D eigenvalue weighted by molar-refractivity contribution is 7.08. The number of rotatable bonds is 0. The van der Waals surface area contributed by atoms with Crippen molar-refractivity contribution in [3.63, 3.8) is 0 Å². The first-order valence-corrected chi connectivity index (χ1v) is 53.7. The van der Waals surface area contributed by atoms with Crippen molar-refractivity contribution in [3.05, 3.63) is 345 Å². The summed E-state index contributed by atoms with van der Waals surface area (Å²) in [6.45, 7) is 96.7. The van der Waals surface area contributed by atoms with Gasteiger partial charge in [0, 0.05) is 98.7 Å². The topological polar surface area (TPSA) is 170 Å². The zero-order chi connectivity index (χ0) is 111. The predicted octanol–water partition coefficient (Wildman–Crippen LogP) is 35.7. The number of H-pyrrole nitrogens is 2. The van der Waals surface area contributed by atoms with Crippen molar-refractivity contribution in [1.82, 2.24) is 35.0 Å². The van der Waals surface area contributed by atoms with Crippen LogP contribution < -0.4 is 5.32 Å². The number of aromatic amines is 2. The first kappa shape index (κ1) is 127. The number of nitrogens with one attached hydrogen (secondary N) is 3. The summed E-state index contributed by atoms with van der Waals surface area (Å²) in [7, 11) is 0. The van der Waals surface area contributed by atoms with E-state index in [1.54, 1.807) is 11.3 Å². The largest absolute Gasteiger partial charge is 0.358 e. The summed E-state index contributed by atoms with van der Waals surface area (Å²) >= 11 is 1.77. The summed E-state index contributed by atoms with van der Waals surface area (Å²) in [5.74, 6) is 2.32. The first-order chi connectivity index (χ1) is 67.1. The van der Waals surface area contributed by atoms with Crippen LogP contribution in [0.3, 0.4) is 0 Å². The highest BCUT2D eigenvalue weighted by Gasteiger charge is 2.31. The Labute approximate surface area is 892 Å². The number of fused-ring (bicyclic) bond motifs is 3. The van der Waals surface area contributed by atoms with Gasteiger partial charge in [-0.05, 0) is 222 Å². The summed E-state index contributed by atoms with van der Waals surface area (Å²) in [5.41, 5.74) is 25.6. The molecule has 5 aromatic heterocycles. The highest BCUT2D eigenvalue weighted by Crippen LogP contribution is 2.41. The van der Waals surface area contributed by atoms with Crippen LogP contribution in [-0.4, -0.2) is 89.8 Å². The number of amides is 2. The Kier molecular flexibility index (Phi) is 48.6. The van der Waals surface area contributed by atoms with Gasteiger partial charge in [0.05, 0.1) is 19.5 Å². The maximum absolute atomic E-state index is 11.1. The number of hydrogen-bond acceptors (Lipinski definition) is 10. The van der Waals surface area contributed by atoms with Crippen molar-refractivity contribution in [2.45, 2.75) is 384 Å². The number of thiophene rings is 1. The molecule has 0 atom stereocenters. The van der Waals surface area contributed by atoms with E-state index in [0.29, 0.717) is 34.0 Å². The van der Waals surface area contributed by atoms with Crippen LogP contribution >= 0.6 is 11.3 Å². The third-order valence-electron chi connectivity index (χ3n) is 24.4. The molecular formula is C132H193N11O2S. The molecule has 794 valence electrons. The van der Waals surface area contributed by atoms with Crippen molar-refractivity contribution in [2.24, 2.45) is 36.6 Å². The molecule has 3 N–H and O–H groups in total. The van der Waals surface area contributed by atoms with E-state index in [4.69, 9.17) is 0 Å². The minimum Gasteiger partial charge on any atom is -0.358 e. The number of benzene rings is 6. The molecule has 4 aliphatic heterocycles. The number of aliphatic imine (C=N–C) groups is 3. The Morgan fingerprint density at radius 3 is 1.27 bits per heavy atom. The molecule has 0 bridgehead atoms. The van der Waals surface area contributed by atoms with Crippen molar-refractivity contribution in [1.29, 1.82) is 0 Å². The Balaban J connectivity index is 0.000000328. The standard InChI is InChI=1S/C13H16.C12H15NO.C12H15N.C11H16.2C10H14.2C9H13N.C9H14.C8H15NO.C8H13N.C8H12S.C7H12N2.C6H11N3/c1-13(2,3)12-9-8-10-6-4-5-7-11(10)12;1-12(2,3)9-5-4-8-6-11(14)13-10(8)7-9;1-12(2,3)11-8-9-6-4-5-7-10(9)13-11;1-9-5-7-10(8-6-9)11(2,3)4;2*1-10(2,3)9-7-5-4-6-8-9;1-9(2,3)8-4-6-10-7-5-8;1-9(2,3)8-6-4-5-7-10-8;1-9(2,3)8-6-4-5-7-8;1-8(2,3)9-6-4-5-7(9)10;1-8(2,3)7-5-4-6-9-7;1-8(2,3)7-4-5-9-6-7;1-7(2,3)6-8-4-5-9-6;1-6(2,3)5-7-4-8-9-5/h4-7,9H,8H2,1-3H3;4-5,7H,6H2,1-3H3,(H,13,14);4-8,13H,1-3H3;5-8H,1-4H3;2*4-8H,1-3H3;2*4-7H,1-3H3;4,6-7H,5H2,1-3H3;4-6H2,1-3H3;4-5H,6H2,1-3H3;4-6H,1-3H3;4H,5H2,1-3H3;4H,1-3H3,(H,7,8,9). The molecule has 11 aromatic rings. The van der Waals surface area contributed by atoms with Crippen LogP contribution in [-0.2, 0) is 71.2 Å². The maximum Gasteiger partial charge on any atom is 0.228 e. The number of nitrogens with zero attached hydrogens (tertiary/aromatic N) is 8. The lowest BCUT2D eigenvalue weighted by molar-refractivity contribution is -0.131. The smallest absolute Gasteiger partial charge is 0.228 e. The van der Waals surface area contributed by atoms with Crippen LogP contribution in [0.15, 0.2) is 287 Å². The normalized spacial score (nSPS) is 14.2. The number of pyridine rings is 2. The average Bonchev–Trinajstić information content (AvgIpc) is 1.66. The molecule has 146 heavy (non-hydrogen) atoms. The van der Waals surface area contributed by atoms with Crippen molar-refractivity contribution in [2.75, 3.05) is 25.0 Å². The fraction of sp³-hybridized carbons (Fsp3) is 0.492. The lowest BCUT2D eigenvalue weighted by Gasteiger charge is -2.31. The minimum absolute atomic E-state index is 0.0353. The van der Waals surface area contributed by atoms with E-state index in [-0.39, 0.29) is 60.2 Å². The summed E-state index contributed by atoms with van der Waals surface area (Å²) in [5, 5.41) is 15.1. The number of carbonyl (C=O) groups excluding carboxylic acids is 2.